The van der Waals surface area contributed by atoms with E-state index in [4.69, 9.17) is 10.7 Å². The highest BCUT2D eigenvalue weighted by Gasteiger charge is 2.22. The van der Waals surface area contributed by atoms with Gasteiger partial charge in [-0.3, -0.25) is 9.79 Å². The summed E-state index contributed by atoms with van der Waals surface area (Å²) in [5, 5.41) is 3.47. The SMILES string of the molecule is CCNC(=NCCCCN1CCC(C(N)=O)CC1)N1CCN(c2ccccc2)CC1.I. The van der Waals surface area contributed by atoms with Gasteiger partial charge in [-0.2, -0.15) is 0 Å². The Morgan fingerprint density at radius 1 is 1.06 bits per heavy atom. The van der Waals surface area contributed by atoms with Gasteiger partial charge in [0, 0.05) is 50.9 Å². The molecule has 174 valence electrons. The van der Waals surface area contributed by atoms with E-state index < -0.39 is 0 Å². The molecule has 0 radical (unpaired) electrons. The van der Waals surface area contributed by atoms with Crippen molar-refractivity contribution >= 4 is 41.5 Å². The van der Waals surface area contributed by atoms with Gasteiger partial charge in [-0.15, -0.1) is 24.0 Å². The molecule has 0 saturated carbocycles. The van der Waals surface area contributed by atoms with Gasteiger partial charge in [0.25, 0.3) is 0 Å². The molecule has 0 aromatic heterocycles. The van der Waals surface area contributed by atoms with Crippen LogP contribution in [-0.2, 0) is 4.79 Å². The number of nitrogens with one attached hydrogen (secondary N) is 1. The fourth-order valence-electron chi connectivity index (χ4n) is 4.31. The van der Waals surface area contributed by atoms with Crippen LogP contribution < -0.4 is 16.0 Å². The fraction of sp³-hybridized carbons (Fsp3) is 0.652. The van der Waals surface area contributed by atoms with E-state index in [1.54, 1.807) is 0 Å². The molecular formula is C23H39IN6O. The van der Waals surface area contributed by atoms with Gasteiger partial charge in [-0.1, -0.05) is 18.2 Å². The van der Waals surface area contributed by atoms with E-state index >= 15 is 0 Å². The number of nitrogens with two attached hydrogens (primary N) is 1. The predicted octanol–water partition coefficient (Wildman–Crippen LogP) is 2.37. The first-order valence-electron chi connectivity index (χ1n) is 11.5. The average Bonchev–Trinajstić information content (AvgIpc) is 2.79. The van der Waals surface area contributed by atoms with E-state index in [1.807, 2.05) is 0 Å². The van der Waals surface area contributed by atoms with Crippen molar-refractivity contribution in [2.75, 3.05) is 63.8 Å². The Kier molecular flexibility index (Phi) is 11.4. The van der Waals surface area contributed by atoms with Crippen molar-refractivity contribution in [2.45, 2.75) is 32.6 Å². The van der Waals surface area contributed by atoms with Crippen LogP contribution in [0, 0.1) is 5.92 Å². The lowest BCUT2D eigenvalue weighted by Gasteiger charge is -2.37. The van der Waals surface area contributed by atoms with Crippen molar-refractivity contribution in [1.82, 2.24) is 15.1 Å². The Morgan fingerprint density at radius 3 is 2.35 bits per heavy atom. The third-order valence-corrected chi connectivity index (χ3v) is 6.17. The van der Waals surface area contributed by atoms with Gasteiger partial charge >= 0.3 is 0 Å². The molecule has 2 aliphatic rings. The molecule has 3 N–H and O–H groups in total. The van der Waals surface area contributed by atoms with Gasteiger partial charge in [0.2, 0.25) is 5.91 Å². The van der Waals surface area contributed by atoms with Crippen LogP contribution in [0.3, 0.4) is 0 Å². The molecule has 7 nitrogen and oxygen atoms in total. The minimum atomic E-state index is -0.135. The summed E-state index contributed by atoms with van der Waals surface area (Å²) in [4.78, 5) is 23.4. The van der Waals surface area contributed by atoms with E-state index in [0.29, 0.717) is 0 Å². The monoisotopic (exact) mass is 542 g/mol. The summed E-state index contributed by atoms with van der Waals surface area (Å²) in [6, 6.07) is 10.6. The summed E-state index contributed by atoms with van der Waals surface area (Å²) in [5.74, 6) is 0.993. The Bertz CT molecular complexity index is 670. The number of carbonyl (C=O) groups is 1. The van der Waals surface area contributed by atoms with Crippen LogP contribution in [0.1, 0.15) is 32.6 Å². The molecule has 2 aliphatic heterocycles. The summed E-state index contributed by atoms with van der Waals surface area (Å²) in [6.45, 7) is 11.0. The lowest BCUT2D eigenvalue weighted by Crippen LogP contribution is -2.52. The predicted molar refractivity (Wildman–Crippen MR) is 139 cm³/mol. The number of guanidine groups is 1. The van der Waals surface area contributed by atoms with Gasteiger partial charge < -0.3 is 25.8 Å². The smallest absolute Gasteiger partial charge is 0.220 e. The van der Waals surface area contributed by atoms with E-state index in [1.165, 1.54) is 5.69 Å². The number of carbonyl (C=O) groups excluding carboxylic acids is 1. The zero-order valence-corrected chi connectivity index (χ0v) is 21.2. The largest absolute Gasteiger partial charge is 0.369 e. The molecule has 0 aliphatic carbocycles. The number of halogens is 1. The molecular weight excluding hydrogens is 503 g/mol. The van der Waals surface area contributed by atoms with Crippen LogP contribution in [0.25, 0.3) is 0 Å². The molecule has 3 rings (SSSR count). The van der Waals surface area contributed by atoms with Gasteiger partial charge in [0.05, 0.1) is 0 Å². The number of anilines is 1. The van der Waals surface area contributed by atoms with Crippen LogP contribution in [0.15, 0.2) is 35.3 Å². The second-order valence-electron chi connectivity index (χ2n) is 8.27. The Balaban J connectivity index is 0.00000341. The molecule has 2 saturated heterocycles. The average molecular weight is 543 g/mol. The highest BCUT2D eigenvalue weighted by Crippen LogP contribution is 2.17. The molecule has 1 aromatic carbocycles. The first kappa shape index (κ1) is 25.7. The first-order valence-corrected chi connectivity index (χ1v) is 11.5. The highest BCUT2D eigenvalue weighted by molar-refractivity contribution is 14.0. The number of benzene rings is 1. The molecule has 1 aromatic rings. The number of hydrogen-bond acceptors (Lipinski definition) is 4. The lowest BCUT2D eigenvalue weighted by atomic mass is 9.96. The molecule has 0 bridgehead atoms. The van der Waals surface area contributed by atoms with E-state index in [0.717, 1.165) is 90.5 Å². The third kappa shape index (κ3) is 8.14. The Labute approximate surface area is 204 Å². The number of amides is 1. The number of primary amides is 1. The number of unbranched alkanes of at least 4 members (excludes halogenated alkanes) is 1. The Hall–Kier alpha value is -1.55. The van der Waals surface area contributed by atoms with E-state index in [2.05, 4.69) is 57.3 Å². The number of likely N-dealkylation sites (tertiary alicyclic amines) is 1. The zero-order valence-electron chi connectivity index (χ0n) is 18.8. The molecule has 1 amide bonds. The van der Waals surface area contributed by atoms with Crippen LogP contribution in [-0.4, -0.2) is 80.6 Å². The molecule has 2 heterocycles. The van der Waals surface area contributed by atoms with Crippen molar-refractivity contribution in [1.29, 1.82) is 0 Å². The quantitative estimate of drug-likeness (QED) is 0.228. The molecule has 0 unspecified atom stereocenters. The van der Waals surface area contributed by atoms with Crippen LogP contribution in [0.2, 0.25) is 0 Å². The minimum Gasteiger partial charge on any atom is -0.369 e. The normalized spacial score (nSPS) is 18.5. The number of piperidine rings is 1. The number of piperazine rings is 1. The fourth-order valence-corrected chi connectivity index (χ4v) is 4.31. The van der Waals surface area contributed by atoms with Crippen molar-refractivity contribution < 1.29 is 4.79 Å². The minimum absolute atomic E-state index is 0. The van der Waals surface area contributed by atoms with Crippen LogP contribution >= 0.6 is 24.0 Å². The maximum atomic E-state index is 11.3. The van der Waals surface area contributed by atoms with Crippen molar-refractivity contribution in [2.24, 2.45) is 16.6 Å². The summed E-state index contributed by atoms with van der Waals surface area (Å²) >= 11 is 0. The lowest BCUT2D eigenvalue weighted by molar-refractivity contribution is -0.123. The van der Waals surface area contributed by atoms with Gasteiger partial charge in [0.15, 0.2) is 5.96 Å². The topological polar surface area (TPSA) is 77.2 Å². The van der Waals surface area contributed by atoms with Crippen molar-refractivity contribution in [3.8, 4) is 0 Å². The highest BCUT2D eigenvalue weighted by atomic mass is 127. The summed E-state index contributed by atoms with van der Waals surface area (Å²) in [6.07, 6.45) is 4.06. The van der Waals surface area contributed by atoms with Crippen molar-refractivity contribution in [3.63, 3.8) is 0 Å². The number of hydrogen-bond donors (Lipinski definition) is 2. The standard InChI is InChI=1S/C23H38N6O.HI/c1-2-25-23(29-18-16-28(17-19-29)21-8-4-3-5-9-21)26-12-6-7-13-27-14-10-20(11-15-27)22(24)30;/h3-5,8-9,20H,2,6-7,10-19H2,1H3,(H2,24,30)(H,25,26);1H. The first-order chi connectivity index (χ1) is 14.7. The molecule has 0 atom stereocenters. The van der Waals surface area contributed by atoms with Crippen LogP contribution in [0.5, 0.6) is 0 Å². The maximum Gasteiger partial charge on any atom is 0.220 e. The third-order valence-electron chi connectivity index (χ3n) is 6.17. The molecule has 31 heavy (non-hydrogen) atoms. The number of aliphatic imine (C=N–C) groups is 1. The summed E-state index contributed by atoms with van der Waals surface area (Å²) < 4.78 is 0. The number of nitrogens with zero attached hydrogens (tertiary/aromatic N) is 4. The molecule has 8 heteroatoms. The van der Waals surface area contributed by atoms with Gasteiger partial charge in [0.1, 0.15) is 0 Å². The zero-order chi connectivity index (χ0) is 21.2. The second kappa shape index (κ2) is 13.8. The van der Waals surface area contributed by atoms with E-state index in [9.17, 15) is 4.79 Å². The summed E-state index contributed by atoms with van der Waals surface area (Å²) in [7, 11) is 0. The Morgan fingerprint density at radius 2 is 1.74 bits per heavy atom. The summed E-state index contributed by atoms with van der Waals surface area (Å²) in [5.41, 5.74) is 6.72. The maximum absolute atomic E-state index is 11.3. The van der Waals surface area contributed by atoms with Gasteiger partial charge in [-0.05, 0) is 64.4 Å². The molecule has 2 fully saturated rings. The van der Waals surface area contributed by atoms with E-state index in [-0.39, 0.29) is 35.8 Å². The second-order valence-corrected chi connectivity index (χ2v) is 8.27. The van der Waals surface area contributed by atoms with Crippen molar-refractivity contribution in [3.05, 3.63) is 30.3 Å². The number of rotatable bonds is 8. The van der Waals surface area contributed by atoms with Crippen LogP contribution in [0.4, 0.5) is 5.69 Å². The molecule has 0 spiro atoms. The number of para-hydroxylation sites is 1. The van der Waals surface area contributed by atoms with Gasteiger partial charge in [-0.25, -0.2) is 0 Å².